The molecule has 0 fully saturated rings. The van der Waals surface area contributed by atoms with E-state index in [2.05, 4.69) is 28.1 Å². The van der Waals surface area contributed by atoms with Gasteiger partial charge in [0.25, 0.3) is 0 Å². The molecule has 78 valence electrons. The van der Waals surface area contributed by atoms with Gasteiger partial charge in [-0.05, 0) is 43.5 Å². The third kappa shape index (κ3) is 4.22. The summed E-state index contributed by atoms with van der Waals surface area (Å²) in [5, 5.41) is 9.49. The molecule has 0 aromatic heterocycles. The van der Waals surface area contributed by atoms with E-state index in [0.717, 1.165) is 17.3 Å². The molecule has 0 aliphatic heterocycles. The first-order valence-corrected chi connectivity index (χ1v) is 5.64. The van der Waals surface area contributed by atoms with Crippen molar-refractivity contribution in [2.24, 2.45) is 5.73 Å². The average Bonchev–Trinajstić information content (AvgIpc) is 2.15. The van der Waals surface area contributed by atoms with Gasteiger partial charge in [0, 0.05) is 4.47 Å². The second-order valence-corrected chi connectivity index (χ2v) is 4.32. The number of aliphatic hydroxyl groups excluding tert-OH is 1. The Bertz CT molecular complexity index is 278. The van der Waals surface area contributed by atoms with Crippen LogP contribution >= 0.6 is 15.9 Å². The van der Waals surface area contributed by atoms with Crippen LogP contribution in [-0.2, 0) is 6.42 Å². The number of nitrogens with two attached hydrogens (primary N) is 1. The van der Waals surface area contributed by atoms with Gasteiger partial charge in [0.2, 0.25) is 0 Å². The van der Waals surface area contributed by atoms with Gasteiger partial charge in [-0.3, -0.25) is 0 Å². The predicted octanol–water partition coefficient (Wildman–Crippen LogP) is 2.09. The molecule has 0 spiro atoms. The van der Waals surface area contributed by atoms with Crippen LogP contribution in [0.4, 0.5) is 0 Å². The highest BCUT2D eigenvalue weighted by atomic mass is 79.9. The van der Waals surface area contributed by atoms with Crippen molar-refractivity contribution in [2.45, 2.75) is 25.4 Å². The predicted molar refractivity (Wildman–Crippen MR) is 62.1 cm³/mol. The zero-order valence-electron chi connectivity index (χ0n) is 8.12. The first kappa shape index (κ1) is 11.7. The Kier molecular flexibility index (Phi) is 5.15. The van der Waals surface area contributed by atoms with Gasteiger partial charge in [0.1, 0.15) is 0 Å². The average molecular weight is 258 g/mol. The molecular weight excluding hydrogens is 242 g/mol. The maximum atomic E-state index is 9.49. The molecular formula is C11H16BrNO. The molecule has 0 unspecified atom stereocenters. The summed E-state index contributed by atoms with van der Waals surface area (Å²) >= 11 is 3.42. The van der Waals surface area contributed by atoms with Crippen LogP contribution in [0.3, 0.4) is 0 Å². The Balaban J connectivity index is 2.37. The summed E-state index contributed by atoms with van der Waals surface area (Å²) in [4.78, 5) is 0. The lowest BCUT2D eigenvalue weighted by molar-refractivity contribution is 0.157. The van der Waals surface area contributed by atoms with Crippen LogP contribution in [0.25, 0.3) is 0 Å². The quantitative estimate of drug-likeness (QED) is 0.849. The summed E-state index contributed by atoms with van der Waals surface area (Å²) in [6, 6.07) is 8.16. The van der Waals surface area contributed by atoms with Crippen LogP contribution in [0.1, 0.15) is 18.4 Å². The van der Waals surface area contributed by atoms with Crippen molar-refractivity contribution in [3.05, 3.63) is 34.3 Å². The normalized spacial score (nSPS) is 12.8. The first-order chi connectivity index (χ1) is 6.72. The van der Waals surface area contributed by atoms with Crippen LogP contribution in [0.5, 0.6) is 0 Å². The van der Waals surface area contributed by atoms with Crippen molar-refractivity contribution in [1.29, 1.82) is 0 Å². The maximum absolute atomic E-state index is 9.49. The summed E-state index contributed by atoms with van der Waals surface area (Å²) in [5.74, 6) is 0. The Morgan fingerprint density at radius 2 is 2.14 bits per heavy atom. The third-order valence-corrected chi connectivity index (χ3v) is 2.65. The maximum Gasteiger partial charge on any atom is 0.0555 e. The van der Waals surface area contributed by atoms with E-state index >= 15 is 0 Å². The molecule has 1 aromatic rings. The minimum absolute atomic E-state index is 0.265. The van der Waals surface area contributed by atoms with E-state index in [0.29, 0.717) is 13.0 Å². The molecule has 1 atom stereocenters. The number of rotatable bonds is 5. The van der Waals surface area contributed by atoms with Crippen LogP contribution in [0.15, 0.2) is 28.7 Å². The van der Waals surface area contributed by atoms with Gasteiger partial charge < -0.3 is 10.8 Å². The zero-order valence-corrected chi connectivity index (χ0v) is 9.70. The fourth-order valence-corrected chi connectivity index (χ4v) is 1.81. The second-order valence-electron chi connectivity index (χ2n) is 3.40. The number of hydrogen-bond acceptors (Lipinski definition) is 2. The molecule has 0 aliphatic carbocycles. The second kappa shape index (κ2) is 6.17. The van der Waals surface area contributed by atoms with Crippen molar-refractivity contribution < 1.29 is 5.11 Å². The van der Waals surface area contributed by atoms with Gasteiger partial charge in [-0.1, -0.05) is 28.1 Å². The van der Waals surface area contributed by atoms with Crippen molar-refractivity contribution in [2.75, 3.05) is 6.54 Å². The number of halogens is 1. The Labute approximate surface area is 93.3 Å². The van der Waals surface area contributed by atoms with Crippen molar-refractivity contribution in [3.63, 3.8) is 0 Å². The van der Waals surface area contributed by atoms with E-state index in [9.17, 15) is 5.11 Å². The van der Waals surface area contributed by atoms with Crippen molar-refractivity contribution >= 4 is 15.9 Å². The topological polar surface area (TPSA) is 46.2 Å². The molecule has 0 heterocycles. The van der Waals surface area contributed by atoms with Gasteiger partial charge in [-0.2, -0.15) is 0 Å². The van der Waals surface area contributed by atoms with E-state index in [1.165, 1.54) is 5.56 Å². The van der Waals surface area contributed by atoms with Gasteiger partial charge in [0.15, 0.2) is 0 Å². The van der Waals surface area contributed by atoms with Crippen LogP contribution in [0.2, 0.25) is 0 Å². The standard InChI is InChI=1S/C11H16BrNO/c12-10-3-1-2-9(8-10)4-5-11(14)6-7-13/h1-3,8,11,14H,4-7,13H2/t11-/m1/s1. The first-order valence-electron chi connectivity index (χ1n) is 4.85. The summed E-state index contributed by atoms with van der Waals surface area (Å²) in [6.45, 7) is 0.555. The van der Waals surface area contributed by atoms with E-state index in [4.69, 9.17) is 5.73 Å². The highest BCUT2D eigenvalue weighted by Crippen LogP contribution is 2.14. The van der Waals surface area contributed by atoms with E-state index < -0.39 is 0 Å². The summed E-state index contributed by atoms with van der Waals surface area (Å²) in [5.41, 5.74) is 6.60. The molecule has 14 heavy (non-hydrogen) atoms. The summed E-state index contributed by atoms with van der Waals surface area (Å²) < 4.78 is 1.09. The molecule has 0 saturated heterocycles. The lowest BCUT2D eigenvalue weighted by Crippen LogP contribution is -2.14. The smallest absolute Gasteiger partial charge is 0.0555 e. The van der Waals surface area contributed by atoms with Gasteiger partial charge in [0.05, 0.1) is 6.10 Å². The highest BCUT2D eigenvalue weighted by molar-refractivity contribution is 9.10. The Morgan fingerprint density at radius 1 is 1.36 bits per heavy atom. The number of aliphatic hydroxyl groups is 1. The fraction of sp³-hybridized carbons (Fsp3) is 0.455. The Morgan fingerprint density at radius 3 is 2.79 bits per heavy atom. The monoisotopic (exact) mass is 257 g/mol. The molecule has 1 rings (SSSR count). The largest absolute Gasteiger partial charge is 0.393 e. The molecule has 0 aliphatic rings. The van der Waals surface area contributed by atoms with Crippen LogP contribution in [-0.4, -0.2) is 17.8 Å². The molecule has 0 amide bonds. The number of benzene rings is 1. The van der Waals surface area contributed by atoms with E-state index in [-0.39, 0.29) is 6.10 Å². The Hall–Kier alpha value is -0.380. The molecule has 1 aromatic carbocycles. The molecule has 0 bridgehead atoms. The van der Waals surface area contributed by atoms with Crippen molar-refractivity contribution in [1.82, 2.24) is 0 Å². The highest BCUT2D eigenvalue weighted by Gasteiger charge is 2.03. The number of aryl methyl sites for hydroxylation is 1. The van der Waals surface area contributed by atoms with Crippen LogP contribution in [0, 0.1) is 0 Å². The molecule has 3 heteroatoms. The molecule has 0 radical (unpaired) electrons. The number of hydrogen-bond donors (Lipinski definition) is 2. The SMILES string of the molecule is NCC[C@H](O)CCc1cccc(Br)c1. The molecule has 0 saturated carbocycles. The third-order valence-electron chi connectivity index (χ3n) is 2.16. The fourth-order valence-electron chi connectivity index (χ4n) is 1.36. The van der Waals surface area contributed by atoms with E-state index in [1.54, 1.807) is 0 Å². The minimum atomic E-state index is -0.265. The zero-order chi connectivity index (χ0) is 10.4. The lowest BCUT2D eigenvalue weighted by atomic mass is 10.1. The van der Waals surface area contributed by atoms with Gasteiger partial charge >= 0.3 is 0 Å². The summed E-state index contributed by atoms with van der Waals surface area (Å²) in [7, 11) is 0. The summed E-state index contributed by atoms with van der Waals surface area (Å²) in [6.07, 6.45) is 2.11. The minimum Gasteiger partial charge on any atom is -0.393 e. The van der Waals surface area contributed by atoms with Gasteiger partial charge in [-0.25, -0.2) is 0 Å². The van der Waals surface area contributed by atoms with Crippen LogP contribution < -0.4 is 5.73 Å². The van der Waals surface area contributed by atoms with E-state index in [1.807, 2.05) is 12.1 Å². The van der Waals surface area contributed by atoms with Crippen molar-refractivity contribution in [3.8, 4) is 0 Å². The van der Waals surface area contributed by atoms with Gasteiger partial charge in [-0.15, -0.1) is 0 Å². The lowest BCUT2D eigenvalue weighted by Gasteiger charge is -2.08. The molecule has 2 nitrogen and oxygen atoms in total. The molecule has 3 N–H and O–H groups in total.